The number of rotatable bonds is 6. The third-order valence-corrected chi connectivity index (χ3v) is 4.53. The molecule has 0 fully saturated rings. The molecule has 0 spiro atoms. The van der Waals surface area contributed by atoms with Crippen molar-refractivity contribution in [2.75, 3.05) is 13.2 Å². The highest BCUT2D eigenvalue weighted by Gasteiger charge is 2.10. The Bertz CT molecular complexity index is 1060. The maximum absolute atomic E-state index is 8.97. The van der Waals surface area contributed by atoms with Gasteiger partial charge in [-0.3, -0.25) is 4.68 Å². The summed E-state index contributed by atoms with van der Waals surface area (Å²) in [5.41, 5.74) is 5.24. The van der Waals surface area contributed by atoms with Gasteiger partial charge in [-0.05, 0) is 42.3 Å². The molecule has 27 heavy (non-hydrogen) atoms. The van der Waals surface area contributed by atoms with Crippen LogP contribution in [-0.2, 0) is 6.54 Å². The number of aliphatic hydroxyl groups excluding tert-OH is 1. The van der Waals surface area contributed by atoms with E-state index < -0.39 is 0 Å². The standard InChI is InChI=1S/C22H21N3O2/c1-16-13-21(24-22-14-18(27-12-11-26)7-8-19(16)22)20-6-3-2-5-17(20)15-25-10-4-9-23-25/h2-10,13-14,26H,11-12,15H2,1H3. The van der Waals surface area contributed by atoms with E-state index >= 15 is 0 Å². The Morgan fingerprint density at radius 2 is 1.96 bits per heavy atom. The molecule has 5 nitrogen and oxygen atoms in total. The van der Waals surface area contributed by atoms with Crippen molar-refractivity contribution in [3.05, 3.63) is 78.1 Å². The summed E-state index contributed by atoms with van der Waals surface area (Å²) >= 11 is 0. The molecule has 4 rings (SSSR count). The van der Waals surface area contributed by atoms with Crippen molar-refractivity contribution in [2.45, 2.75) is 13.5 Å². The van der Waals surface area contributed by atoms with Crippen LogP contribution in [0.1, 0.15) is 11.1 Å². The molecule has 0 unspecified atom stereocenters. The van der Waals surface area contributed by atoms with Gasteiger partial charge in [0.2, 0.25) is 0 Å². The summed E-state index contributed by atoms with van der Waals surface area (Å²) < 4.78 is 7.45. The number of fused-ring (bicyclic) bond motifs is 1. The molecule has 2 aromatic heterocycles. The van der Waals surface area contributed by atoms with Crippen molar-refractivity contribution in [1.82, 2.24) is 14.8 Å². The molecule has 136 valence electrons. The first-order chi connectivity index (χ1) is 13.2. The van der Waals surface area contributed by atoms with Gasteiger partial charge in [0.15, 0.2) is 0 Å². The van der Waals surface area contributed by atoms with Crippen molar-refractivity contribution in [3.8, 4) is 17.0 Å². The van der Waals surface area contributed by atoms with Crippen molar-refractivity contribution < 1.29 is 9.84 Å². The molecule has 0 aliphatic heterocycles. The summed E-state index contributed by atoms with van der Waals surface area (Å²) in [5, 5.41) is 14.4. The van der Waals surface area contributed by atoms with Crippen LogP contribution in [0.3, 0.4) is 0 Å². The summed E-state index contributed by atoms with van der Waals surface area (Å²) in [6.07, 6.45) is 3.75. The first-order valence-electron chi connectivity index (χ1n) is 8.95. The van der Waals surface area contributed by atoms with Crippen molar-refractivity contribution in [2.24, 2.45) is 0 Å². The predicted molar refractivity (Wildman–Crippen MR) is 106 cm³/mol. The fourth-order valence-electron chi connectivity index (χ4n) is 3.25. The minimum Gasteiger partial charge on any atom is -0.491 e. The van der Waals surface area contributed by atoms with Crippen molar-refractivity contribution in [3.63, 3.8) is 0 Å². The predicted octanol–water partition coefficient (Wildman–Crippen LogP) is 3.83. The molecule has 0 aliphatic carbocycles. The molecule has 2 heterocycles. The molecule has 0 bridgehead atoms. The zero-order valence-corrected chi connectivity index (χ0v) is 15.2. The van der Waals surface area contributed by atoms with Crippen molar-refractivity contribution in [1.29, 1.82) is 0 Å². The summed E-state index contributed by atoms with van der Waals surface area (Å²) in [6, 6.07) is 18.2. The van der Waals surface area contributed by atoms with Gasteiger partial charge in [-0.15, -0.1) is 0 Å². The number of aliphatic hydroxyl groups is 1. The number of hydrogen-bond acceptors (Lipinski definition) is 4. The molecule has 0 saturated carbocycles. The molecule has 0 amide bonds. The van der Waals surface area contributed by atoms with E-state index in [9.17, 15) is 0 Å². The molecule has 5 heteroatoms. The molecule has 0 atom stereocenters. The van der Waals surface area contributed by atoms with Crippen LogP contribution in [0.2, 0.25) is 0 Å². The monoisotopic (exact) mass is 359 g/mol. The van der Waals surface area contributed by atoms with Crippen LogP contribution in [0.4, 0.5) is 0 Å². The normalized spacial score (nSPS) is 11.0. The van der Waals surface area contributed by atoms with Gasteiger partial charge in [0, 0.05) is 29.4 Å². The van der Waals surface area contributed by atoms with E-state index in [1.165, 1.54) is 5.56 Å². The highest BCUT2D eigenvalue weighted by atomic mass is 16.5. The molecular formula is C22H21N3O2. The topological polar surface area (TPSA) is 60.2 Å². The molecule has 1 N–H and O–H groups in total. The van der Waals surface area contributed by atoms with Gasteiger partial charge >= 0.3 is 0 Å². The van der Waals surface area contributed by atoms with Gasteiger partial charge in [-0.25, -0.2) is 4.98 Å². The van der Waals surface area contributed by atoms with Gasteiger partial charge in [0.25, 0.3) is 0 Å². The van der Waals surface area contributed by atoms with Gasteiger partial charge in [0.1, 0.15) is 12.4 Å². The zero-order valence-electron chi connectivity index (χ0n) is 15.2. The number of aryl methyl sites for hydroxylation is 1. The number of nitrogens with zero attached hydrogens (tertiary/aromatic N) is 3. The van der Waals surface area contributed by atoms with Crippen LogP contribution in [0.5, 0.6) is 5.75 Å². The lowest BCUT2D eigenvalue weighted by molar-refractivity contribution is 0.201. The van der Waals surface area contributed by atoms with E-state index in [-0.39, 0.29) is 13.2 Å². The highest BCUT2D eigenvalue weighted by molar-refractivity contribution is 5.86. The average Bonchev–Trinajstić information content (AvgIpc) is 3.19. The van der Waals surface area contributed by atoms with E-state index in [1.54, 1.807) is 6.20 Å². The third kappa shape index (κ3) is 3.68. The third-order valence-electron chi connectivity index (χ3n) is 4.53. The number of pyridine rings is 1. The fourth-order valence-corrected chi connectivity index (χ4v) is 3.25. The van der Waals surface area contributed by atoms with Crippen LogP contribution in [0, 0.1) is 6.92 Å². The van der Waals surface area contributed by atoms with E-state index in [0.717, 1.165) is 27.7 Å². The summed E-state index contributed by atoms with van der Waals surface area (Å²) in [5.74, 6) is 0.713. The molecule has 2 aromatic carbocycles. The van der Waals surface area contributed by atoms with Crippen LogP contribution >= 0.6 is 0 Å². The molecule has 0 radical (unpaired) electrons. The number of ether oxygens (including phenoxy) is 1. The first kappa shape index (κ1) is 17.2. The minimum atomic E-state index is -0.00859. The Balaban J connectivity index is 1.77. The second kappa shape index (κ2) is 7.60. The average molecular weight is 359 g/mol. The van der Waals surface area contributed by atoms with E-state index in [1.807, 2.05) is 47.3 Å². The Hall–Kier alpha value is -3.18. The second-order valence-electron chi connectivity index (χ2n) is 6.44. The van der Waals surface area contributed by atoms with E-state index in [2.05, 4.69) is 30.2 Å². The maximum atomic E-state index is 8.97. The number of benzene rings is 2. The molecular weight excluding hydrogens is 338 g/mol. The van der Waals surface area contributed by atoms with Crippen molar-refractivity contribution >= 4 is 10.9 Å². The number of hydrogen-bond donors (Lipinski definition) is 1. The second-order valence-corrected chi connectivity index (χ2v) is 6.44. The Kier molecular flexibility index (Phi) is 4.85. The minimum absolute atomic E-state index is 0.00859. The quantitative estimate of drug-likeness (QED) is 0.568. The van der Waals surface area contributed by atoms with Gasteiger partial charge in [-0.2, -0.15) is 5.10 Å². The Morgan fingerprint density at radius 1 is 1.07 bits per heavy atom. The smallest absolute Gasteiger partial charge is 0.121 e. The lowest BCUT2D eigenvalue weighted by Crippen LogP contribution is -2.03. The van der Waals surface area contributed by atoms with Crippen LogP contribution < -0.4 is 4.74 Å². The van der Waals surface area contributed by atoms with Crippen LogP contribution in [-0.4, -0.2) is 33.1 Å². The SMILES string of the molecule is Cc1cc(-c2ccccc2Cn2cccn2)nc2cc(OCCO)ccc12. The maximum Gasteiger partial charge on any atom is 0.121 e. The summed E-state index contributed by atoms with van der Waals surface area (Å²) in [6.45, 7) is 3.06. The van der Waals surface area contributed by atoms with Gasteiger partial charge in [0.05, 0.1) is 24.4 Å². The lowest BCUT2D eigenvalue weighted by Gasteiger charge is -2.12. The van der Waals surface area contributed by atoms with Gasteiger partial charge < -0.3 is 9.84 Å². The van der Waals surface area contributed by atoms with E-state index in [4.69, 9.17) is 14.8 Å². The summed E-state index contributed by atoms with van der Waals surface area (Å²) in [4.78, 5) is 4.89. The molecule has 0 saturated heterocycles. The Morgan fingerprint density at radius 3 is 2.78 bits per heavy atom. The fraction of sp³-hybridized carbons (Fsp3) is 0.182. The first-order valence-corrected chi connectivity index (χ1v) is 8.95. The zero-order chi connectivity index (χ0) is 18.6. The lowest BCUT2D eigenvalue weighted by atomic mass is 10.0. The van der Waals surface area contributed by atoms with Crippen LogP contribution in [0.25, 0.3) is 22.2 Å². The number of aromatic nitrogens is 3. The van der Waals surface area contributed by atoms with Crippen LogP contribution in [0.15, 0.2) is 67.0 Å². The Labute approximate surface area is 157 Å². The van der Waals surface area contributed by atoms with E-state index in [0.29, 0.717) is 12.3 Å². The largest absolute Gasteiger partial charge is 0.491 e. The molecule has 0 aliphatic rings. The summed E-state index contributed by atoms with van der Waals surface area (Å²) in [7, 11) is 0. The highest BCUT2D eigenvalue weighted by Crippen LogP contribution is 2.29. The molecule has 4 aromatic rings. The van der Waals surface area contributed by atoms with Gasteiger partial charge in [-0.1, -0.05) is 24.3 Å².